The zero-order valence-electron chi connectivity index (χ0n) is 19.0. The summed E-state index contributed by atoms with van der Waals surface area (Å²) >= 11 is 3.37. The Morgan fingerprint density at radius 3 is 2.68 bits per heavy atom. The summed E-state index contributed by atoms with van der Waals surface area (Å²) in [7, 11) is 1.67. The molecule has 172 valence electrons. The summed E-state index contributed by atoms with van der Waals surface area (Å²) in [5.74, 6) is 2.53. The Balaban J connectivity index is 1.56. The molecule has 0 spiro atoms. The van der Waals surface area contributed by atoms with Crippen LogP contribution in [0.2, 0.25) is 0 Å². The minimum absolute atomic E-state index is 0.000876. The quantitative estimate of drug-likeness (QED) is 0.291. The van der Waals surface area contributed by atoms with E-state index in [2.05, 4.69) is 33.7 Å². The van der Waals surface area contributed by atoms with Crippen LogP contribution in [0.5, 0.6) is 5.75 Å². The third kappa shape index (κ3) is 3.44. The van der Waals surface area contributed by atoms with E-state index in [1.807, 2.05) is 42.5 Å². The molecule has 0 N–H and O–H groups in total. The summed E-state index contributed by atoms with van der Waals surface area (Å²) in [6, 6.07) is 17.8. The number of thiophene rings is 1. The normalized spacial score (nSPS) is 15.6. The predicted octanol–water partition coefficient (Wildman–Crippen LogP) is 5.84. The van der Waals surface area contributed by atoms with E-state index in [1.54, 1.807) is 34.8 Å². The van der Waals surface area contributed by atoms with Gasteiger partial charge in [0.1, 0.15) is 10.6 Å². The van der Waals surface area contributed by atoms with Gasteiger partial charge in [0.05, 0.1) is 18.2 Å². The number of aromatic nitrogens is 4. The van der Waals surface area contributed by atoms with Gasteiger partial charge in [0.2, 0.25) is 5.78 Å². The van der Waals surface area contributed by atoms with Crippen LogP contribution in [0.4, 0.5) is 0 Å². The minimum atomic E-state index is -0.000876. The van der Waals surface area contributed by atoms with E-state index >= 15 is 0 Å². The fraction of sp³-hybridized carbons (Fsp3) is 0.269. The first-order chi connectivity index (χ1) is 16.7. The summed E-state index contributed by atoms with van der Waals surface area (Å²) in [4.78, 5) is 16.2. The lowest BCUT2D eigenvalue weighted by atomic mass is 9.88. The highest BCUT2D eigenvalue weighted by Crippen LogP contribution is 2.42. The zero-order chi connectivity index (χ0) is 23.2. The Hall–Kier alpha value is -3.10. The SMILES string of the molecule is COc1ccc(CSc2nnc3n(-c4ccccc4)c(=O)c4c5c(sc4n23)CCCC5C)cc1. The number of hydrogen-bond donors (Lipinski definition) is 0. The van der Waals surface area contributed by atoms with Gasteiger partial charge in [-0.15, -0.1) is 21.5 Å². The van der Waals surface area contributed by atoms with Crippen molar-refractivity contribution in [3.8, 4) is 11.4 Å². The van der Waals surface area contributed by atoms with Crippen molar-refractivity contribution in [2.45, 2.75) is 43.0 Å². The van der Waals surface area contributed by atoms with Gasteiger partial charge in [-0.2, -0.15) is 0 Å². The van der Waals surface area contributed by atoms with Crippen LogP contribution in [0.1, 0.15) is 41.7 Å². The molecule has 2 aromatic carbocycles. The molecule has 0 aliphatic heterocycles. The van der Waals surface area contributed by atoms with Crippen LogP contribution in [0, 0.1) is 0 Å². The van der Waals surface area contributed by atoms with E-state index in [1.165, 1.54) is 16.0 Å². The van der Waals surface area contributed by atoms with E-state index in [9.17, 15) is 4.79 Å². The monoisotopic (exact) mass is 488 g/mol. The lowest BCUT2D eigenvalue weighted by Gasteiger charge is -2.18. The molecule has 0 bridgehead atoms. The van der Waals surface area contributed by atoms with Crippen LogP contribution in [-0.4, -0.2) is 26.3 Å². The molecule has 8 heteroatoms. The molecule has 34 heavy (non-hydrogen) atoms. The summed E-state index contributed by atoms with van der Waals surface area (Å²) in [6.07, 6.45) is 3.31. The van der Waals surface area contributed by atoms with E-state index < -0.39 is 0 Å². The number of methoxy groups -OCH3 is 1. The molecule has 0 saturated heterocycles. The van der Waals surface area contributed by atoms with Crippen LogP contribution in [0.25, 0.3) is 21.7 Å². The molecule has 0 saturated carbocycles. The number of hydrogen-bond acceptors (Lipinski definition) is 6. The van der Waals surface area contributed by atoms with Crippen molar-refractivity contribution in [2.75, 3.05) is 7.11 Å². The molecule has 5 aromatic rings. The van der Waals surface area contributed by atoms with Gasteiger partial charge in [0, 0.05) is 10.6 Å². The number of fused-ring (bicyclic) bond motifs is 5. The van der Waals surface area contributed by atoms with Crippen molar-refractivity contribution in [1.82, 2.24) is 19.2 Å². The van der Waals surface area contributed by atoms with Gasteiger partial charge in [-0.05, 0) is 60.6 Å². The number of benzene rings is 2. The van der Waals surface area contributed by atoms with Gasteiger partial charge in [-0.25, -0.2) is 8.97 Å². The Bertz CT molecular complexity index is 1550. The average Bonchev–Trinajstić information content (AvgIpc) is 3.46. The highest BCUT2D eigenvalue weighted by atomic mass is 32.2. The van der Waals surface area contributed by atoms with Crippen molar-refractivity contribution in [3.05, 3.63) is 81.0 Å². The highest BCUT2D eigenvalue weighted by molar-refractivity contribution is 7.98. The van der Waals surface area contributed by atoms with Crippen LogP contribution in [-0.2, 0) is 12.2 Å². The first-order valence-electron chi connectivity index (χ1n) is 11.4. The first kappa shape index (κ1) is 21.4. The molecule has 1 atom stereocenters. The Kier molecular flexibility index (Phi) is 5.42. The maximum Gasteiger partial charge on any atom is 0.268 e. The Morgan fingerprint density at radius 1 is 1.12 bits per heavy atom. The molecular formula is C26H24N4O2S2. The maximum atomic E-state index is 13.9. The molecular weight excluding hydrogens is 464 g/mol. The van der Waals surface area contributed by atoms with E-state index in [0.717, 1.165) is 51.8 Å². The summed E-state index contributed by atoms with van der Waals surface area (Å²) in [5.41, 5.74) is 3.21. The standard InChI is InChI=1S/C26H24N4O2S2/c1-16-7-6-10-20-21(16)22-23(31)29(18-8-4-3-5-9-18)25-27-28-26(30(25)24(22)34-20)33-15-17-11-13-19(32-2)14-12-17/h3-5,8-9,11-14,16H,6-7,10,15H2,1-2H3. The number of para-hydroxylation sites is 1. The second kappa shape index (κ2) is 8.60. The Morgan fingerprint density at radius 2 is 1.91 bits per heavy atom. The van der Waals surface area contributed by atoms with Crippen LogP contribution < -0.4 is 10.3 Å². The molecule has 1 aliphatic rings. The average molecular weight is 489 g/mol. The molecule has 0 amide bonds. The molecule has 1 unspecified atom stereocenters. The third-order valence-corrected chi connectivity index (χ3v) is 8.77. The zero-order valence-corrected chi connectivity index (χ0v) is 20.7. The topological polar surface area (TPSA) is 61.4 Å². The number of ether oxygens (including phenoxy) is 1. The fourth-order valence-electron chi connectivity index (χ4n) is 4.82. The summed E-state index contributed by atoms with van der Waals surface area (Å²) < 4.78 is 9.09. The second-order valence-electron chi connectivity index (χ2n) is 8.64. The molecule has 6 rings (SSSR count). The lowest BCUT2D eigenvalue weighted by molar-refractivity contribution is 0.414. The van der Waals surface area contributed by atoms with Gasteiger partial charge in [-0.1, -0.05) is 49.0 Å². The fourth-order valence-corrected chi connectivity index (χ4v) is 7.22. The summed E-state index contributed by atoms with van der Waals surface area (Å²) in [6.45, 7) is 2.24. The molecule has 3 heterocycles. The first-order valence-corrected chi connectivity index (χ1v) is 13.2. The molecule has 1 aliphatic carbocycles. The van der Waals surface area contributed by atoms with Crippen molar-refractivity contribution in [1.29, 1.82) is 0 Å². The Labute approximate surface area is 205 Å². The number of rotatable bonds is 5. The van der Waals surface area contributed by atoms with E-state index in [-0.39, 0.29) is 5.56 Å². The van der Waals surface area contributed by atoms with E-state index in [0.29, 0.717) is 11.7 Å². The maximum absolute atomic E-state index is 13.9. The lowest BCUT2D eigenvalue weighted by Crippen LogP contribution is -2.22. The number of thioether (sulfide) groups is 1. The molecule has 0 fully saturated rings. The smallest absolute Gasteiger partial charge is 0.268 e. The van der Waals surface area contributed by atoms with Crippen LogP contribution in [0.3, 0.4) is 0 Å². The van der Waals surface area contributed by atoms with E-state index in [4.69, 9.17) is 4.74 Å². The number of aryl methyl sites for hydroxylation is 1. The van der Waals surface area contributed by atoms with Crippen molar-refractivity contribution >= 4 is 39.1 Å². The van der Waals surface area contributed by atoms with Crippen molar-refractivity contribution < 1.29 is 4.74 Å². The van der Waals surface area contributed by atoms with Crippen molar-refractivity contribution in [2.24, 2.45) is 0 Å². The minimum Gasteiger partial charge on any atom is -0.497 e. The predicted molar refractivity (Wildman–Crippen MR) is 138 cm³/mol. The van der Waals surface area contributed by atoms with Gasteiger partial charge >= 0.3 is 0 Å². The molecule has 3 aromatic heterocycles. The molecule has 0 radical (unpaired) electrons. The summed E-state index contributed by atoms with van der Waals surface area (Å²) in [5, 5.41) is 10.7. The van der Waals surface area contributed by atoms with Gasteiger partial charge in [0.25, 0.3) is 5.56 Å². The van der Waals surface area contributed by atoms with Crippen LogP contribution >= 0.6 is 23.1 Å². The van der Waals surface area contributed by atoms with Gasteiger partial charge < -0.3 is 4.74 Å². The van der Waals surface area contributed by atoms with Gasteiger partial charge in [-0.3, -0.25) is 4.79 Å². The van der Waals surface area contributed by atoms with Crippen molar-refractivity contribution in [3.63, 3.8) is 0 Å². The van der Waals surface area contributed by atoms with Gasteiger partial charge in [0.15, 0.2) is 5.16 Å². The second-order valence-corrected chi connectivity index (χ2v) is 10.7. The van der Waals surface area contributed by atoms with Crippen LogP contribution in [0.15, 0.2) is 64.5 Å². The third-order valence-electron chi connectivity index (χ3n) is 6.51. The molecule has 6 nitrogen and oxygen atoms in total. The highest BCUT2D eigenvalue weighted by Gasteiger charge is 2.28. The largest absolute Gasteiger partial charge is 0.497 e. The number of nitrogens with zero attached hydrogens (tertiary/aromatic N) is 4.